The number of guanidine groups is 1. The Morgan fingerprint density at radius 2 is 1.96 bits per heavy atom. The zero-order valence-corrected chi connectivity index (χ0v) is 17.0. The van der Waals surface area contributed by atoms with Crippen LogP contribution < -0.4 is 5.32 Å². The van der Waals surface area contributed by atoms with Crippen molar-refractivity contribution in [3.63, 3.8) is 0 Å². The molecule has 0 spiro atoms. The molecule has 2 aliphatic heterocycles. The van der Waals surface area contributed by atoms with Crippen molar-refractivity contribution >= 4 is 11.9 Å². The molecule has 1 amide bonds. The standard InChI is InChI=1S/C20H36N4O3/c1-3-21-19(22-16-20(7-8-20)9-15-26-4-2)24-12-10-23(11-13-24)18(25)17-6-5-14-27-17/h17H,3-16H2,1-2H3,(H,21,22). The van der Waals surface area contributed by atoms with Gasteiger partial charge in [-0.1, -0.05) is 0 Å². The van der Waals surface area contributed by atoms with Gasteiger partial charge >= 0.3 is 0 Å². The second kappa shape index (κ2) is 9.73. The van der Waals surface area contributed by atoms with Crippen molar-refractivity contribution in [2.45, 2.75) is 52.1 Å². The molecule has 1 aliphatic carbocycles. The maximum absolute atomic E-state index is 12.5. The van der Waals surface area contributed by atoms with Crippen molar-refractivity contribution in [3.8, 4) is 0 Å². The van der Waals surface area contributed by atoms with Gasteiger partial charge in [0.05, 0.1) is 0 Å². The molecule has 1 saturated carbocycles. The van der Waals surface area contributed by atoms with Crippen LogP contribution >= 0.6 is 0 Å². The maximum Gasteiger partial charge on any atom is 0.251 e. The molecule has 2 saturated heterocycles. The number of piperazine rings is 1. The summed E-state index contributed by atoms with van der Waals surface area (Å²) in [6.45, 7) is 11.4. The number of ether oxygens (including phenoxy) is 2. The van der Waals surface area contributed by atoms with Crippen molar-refractivity contribution < 1.29 is 14.3 Å². The van der Waals surface area contributed by atoms with Gasteiger partial charge in [-0.25, -0.2) is 0 Å². The van der Waals surface area contributed by atoms with Crippen LogP contribution in [0.1, 0.15) is 46.0 Å². The Morgan fingerprint density at radius 1 is 1.22 bits per heavy atom. The van der Waals surface area contributed by atoms with Crippen LogP contribution in [0.2, 0.25) is 0 Å². The zero-order valence-electron chi connectivity index (χ0n) is 17.0. The largest absolute Gasteiger partial charge is 0.382 e. The third-order valence-electron chi connectivity index (χ3n) is 5.93. The van der Waals surface area contributed by atoms with Crippen molar-refractivity contribution in [1.29, 1.82) is 0 Å². The summed E-state index contributed by atoms with van der Waals surface area (Å²) in [6.07, 6.45) is 5.27. The van der Waals surface area contributed by atoms with E-state index < -0.39 is 0 Å². The van der Waals surface area contributed by atoms with Crippen LogP contribution in [0.15, 0.2) is 4.99 Å². The first-order valence-corrected chi connectivity index (χ1v) is 10.7. The number of amides is 1. The molecular weight excluding hydrogens is 344 g/mol. The average molecular weight is 381 g/mol. The van der Waals surface area contributed by atoms with Crippen molar-refractivity contribution in [2.24, 2.45) is 10.4 Å². The van der Waals surface area contributed by atoms with Crippen LogP contribution in [0.4, 0.5) is 0 Å². The minimum Gasteiger partial charge on any atom is -0.382 e. The molecule has 0 bridgehead atoms. The van der Waals surface area contributed by atoms with E-state index in [-0.39, 0.29) is 12.0 Å². The fourth-order valence-corrected chi connectivity index (χ4v) is 3.88. The maximum atomic E-state index is 12.5. The van der Waals surface area contributed by atoms with Gasteiger partial charge in [0.2, 0.25) is 0 Å². The monoisotopic (exact) mass is 380 g/mol. The number of nitrogens with zero attached hydrogens (tertiary/aromatic N) is 3. The number of carbonyl (C=O) groups excluding carboxylic acids is 1. The molecule has 3 fully saturated rings. The molecule has 0 radical (unpaired) electrons. The minimum atomic E-state index is -0.210. The van der Waals surface area contributed by atoms with Crippen LogP contribution in [-0.2, 0) is 14.3 Å². The molecular formula is C20H36N4O3. The van der Waals surface area contributed by atoms with Gasteiger partial charge in [-0.3, -0.25) is 9.79 Å². The van der Waals surface area contributed by atoms with Gasteiger partial charge in [0.25, 0.3) is 5.91 Å². The highest BCUT2D eigenvalue weighted by atomic mass is 16.5. The molecule has 2 heterocycles. The Morgan fingerprint density at radius 3 is 2.56 bits per heavy atom. The molecule has 7 heteroatoms. The first-order valence-electron chi connectivity index (χ1n) is 10.7. The summed E-state index contributed by atoms with van der Waals surface area (Å²) in [5.74, 6) is 1.16. The molecule has 3 rings (SSSR count). The lowest BCUT2D eigenvalue weighted by molar-refractivity contribution is -0.142. The molecule has 1 unspecified atom stereocenters. The molecule has 0 aromatic heterocycles. The molecule has 0 aromatic carbocycles. The molecule has 0 aromatic rings. The van der Waals surface area contributed by atoms with E-state index in [0.29, 0.717) is 5.41 Å². The summed E-state index contributed by atoms with van der Waals surface area (Å²) in [4.78, 5) is 21.7. The van der Waals surface area contributed by atoms with Crippen molar-refractivity contribution in [2.75, 3.05) is 59.1 Å². The van der Waals surface area contributed by atoms with E-state index in [2.05, 4.69) is 17.1 Å². The fraction of sp³-hybridized carbons (Fsp3) is 0.900. The number of hydrogen-bond donors (Lipinski definition) is 1. The number of hydrogen-bond acceptors (Lipinski definition) is 4. The van der Waals surface area contributed by atoms with Crippen molar-refractivity contribution in [3.05, 3.63) is 0 Å². The number of aliphatic imine (C=N–C) groups is 1. The first-order chi connectivity index (χ1) is 13.2. The van der Waals surface area contributed by atoms with Gasteiger partial charge < -0.3 is 24.6 Å². The normalized spacial score (nSPS) is 25.0. The highest BCUT2D eigenvalue weighted by Crippen LogP contribution is 2.49. The molecule has 3 aliphatic rings. The Balaban J connectivity index is 1.49. The van der Waals surface area contributed by atoms with Crippen molar-refractivity contribution in [1.82, 2.24) is 15.1 Å². The zero-order chi connectivity index (χ0) is 19.1. The highest BCUT2D eigenvalue weighted by molar-refractivity contribution is 5.82. The highest BCUT2D eigenvalue weighted by Gasteiger charge is 2.42. The summed E-state index contributed by atoms with van der Waals surface area (Å²) in [5.41, 5.74) is 0.355. The van der Waals surface area contributed by atoms with Crippen LogP contribution in [0.25, 0.3) is 0 Å². The minimum absolute atomic E-state index is 0.168. The first kappa shape index (κ1) is 20.4. The topological polar surface area (TPSA) is 66.4 Å². The van der Waals surface area contributed by atoms with E-state index in [1.807, 2.05) is 11.8 Å². The van der Waals surface area contributed by atoms with Gasteiger partial charge in [-0.15, -0.1) is 0 Å². The van der Waals surface area contributed by atoms with Crippen LogP contribution in [-0.4, -0.2) is 86.9 Å². The lowest BCUT2D eigenvalue weighted by Gasteiger charge is -2.37. The van der Waals surface area contributed by atoms with E-state index >= 15 is 0 Å². The Kier molecular flexibility index (Phi) is 7.35. The Labute approximate surface area is 163 Å². The smallest absolute Gasteiger partial charge is 0.251 e. The second-order valence-electron chi connectivity index (χ2n) is 7.93. The summed E-state index contributed by atoms with van der Waals surface area (Å²) in [5, 5.41) is 3.44. The molecule has 1 atom stereocenters. The van der Waals surface area contributed by atoms with Crippen LogP contribution in [0.5, 0.6) is 0 Å². The Bertz CT molecular complexity index is 507. The van der Waals surface area contributed by atoms with E-state index in [4.69, 9.17) is 14.5 Å². The third-order valence-corrected chi connectivity index (χ3v) is 5.93. The Hall–Kier alpha value is -1.34. The van der Waals surface area contributed by atoms with Gasteiger partial charge in [0.15, 0.2) is 5.96 Å². The van der Waals surface area contributed by atoms with Gasteiger partial charge in [0, 0.05) is 59.1 Å². The predicted molar refractivity (Wildman–Crippen MR) is 106 cm³/mol. The predicted octanol–water partition coefficient (Wildman–Crippen LogP) is 1.48. The lowest BCUT2D eigenvalue weighted by Crippen LogP contribution is -2.55. The van der Waals surface area contributed by atoms with E-state index in [1.54, 1.807) is 0 Å². The number of nitrogens with one attached hydrogen (secondary N) is 1. The van der Waals surface area contributed by atoms with E-state index in [9.17, 15) is 4.79 Å². The lowest BCUT2D eigenvalue weighted by atomic mass is 10.0. The molecule has 27 heavy (non-hydrogen) atoms. The fourth-order valence-electron chi connectivity index (χ4n) is 3.88. The molecule has 1 N–H and O–H groups in total. The summed E-state index contributed by atoms with van der Waals surface area (Å²) < 4.78 is 11.1. The molecule has 154 valence electrons. The van der Waals surface area contributed by atoms with Crippen LogP contribution in [0.3, 0.4) is 0 Å². The number of carbonyl (C=O) groups is 1. The molecule has 7 nitrogen and oxygen atoms in total. The van der Waals surface area contributed by atoms with Crippen LogP contribution in [0, 0.1) is 5.41 Å². The van der Waals surface area contributed by atoms with Gasteiger partial charge in [-0.2, -0.15) is 0 Å². The SMILES string of the molecule is CCNC(=NCC1(CCOCC)CC1)N1CCN(C(=O)C2CCCO2)CC1. The van der Waals surface area contributed by atoms with Gasteiger partial charge in [0.1, 0.15) is 6.10 Å². The third kappa shape index (κ3) is 5.57. The quantitative estimate of drug-likeness (QED) is 0.393. The summed E-state index contributed by atoms with van der Waals surface area (Å²) in [6, 6.07) is 0. The van der Waals surface area contributed by atoms with E-state index in [1.165, 1.54) is 12.8 Å². The average Bonchev–Trinajstić information content (AvgIpc) is 3.24. The van der Waals surface area contributed by atoms with Gasteiger partial charge in [-0.05, 0) is 51.4 Å². The number of rotatable bonds is 8. The summed E-state index contributed by atoms with van der Waals surface area (Å²) >= 11 is 0. The second-order valence-corrected chi connectivity index (χ2v) is 7.93. The van der Waals surface area contributed by atoms with E-state index in [0.717, 1.165) is 84.3 Å². The summed E-state index contributed by atoms with van der Waals surface area (Å²) in [7, 11) is 0.